The fourth-order valence-electron chi connectivity index (χ4n) is 4.87. The summed E-state index contributed by atoms with van der Waals surface area (Å²) in [5.74, 6) is -0.993. The van der Waals surface area contributed by atoms with Crippen LogP contribution in [-0.2, 0) is 25.5 Å². The molecule has 5 rings (SSSR count). The van der Waals surface area contributed by atoms with E-state index in [0.717, 1.165) is 16.2 Å². The van der Waals surface area contributed by atoms with Gasteiger partial charge in [-0.3, -0.25) is 24.3 Å². The molecule has 0 saturated carbocycles. The number of carbonyl (C=O) groups is 2. The number of hydrogen-bond donors (Lipinski definition) is 0. The number of thiazole rings is 1. The van der Waals surface area contributed by atoms with Gasteiger partial charge in [-0.25, -0.2) is 9.79 Å². The molecule has 0 radical (unpaired) electrons. The molecular formula is C33H28ClN3O7S2. The van der Waals surface area contributed by atoms with Gasteiger partial charge in [-0.05, 0) is 73.9 Å². The topological polar surface area (TPSA) is 130 Å². The van der Waals surface area contributed by atoms with E-state index in [1.165, 1.54) is 29.5 Å². The van der Waals surface area contributed by atoms with Gasteiger partial charge in [0.25, 0.3) is 11.2 Å². The largest absolute Gasteiger partial charge is 0.469 e. The van der Waals surface area contributed by atoms with Gasteiger partial charge in [-0.15, -0.1) is 0 Å². The number of fused-ring (bicyclic) bond motifs is 1. The molecule has 13 heteroatoms. The fraction of sp³-hybridized carbons (Fsp3) is 0.212. The molecule has 0 unspecified atom stereocenters. The molecule has 0 N–H and O–H groups in total. The van der Waals surface area contributed by atoms with Crippen LogP contribution in [0.1, 0.15) is 43.5 Å². The Morgan fingerprint density at radius 2 is 1.83 bits per heavy atom. The Hall–Kier alpha value is -4.52. The van der Waals surface area contributed by atoms with Crippen molar-refractivity contribution in [2.45, 2.75) is 49.1 Å². The number of ether oxygens (including phenoxy) is 2. The van der Waals surface area contributed by atoms with Crippen molar-refractivity contribution in [2.24, 2.45) is 4.99 Å². The molecular weight excluding hydrogens is 650 g/mol. The quantitative estimate of drug-likeness (QED) is 0.127. The van der Waals surface area contributed by atoms with Crippen LogP contribution in [0.25, 0.3) is 6.08 Å². The van der Waals surface area contributed by atoms with Gasteiger partial charge in [0.1, 0.15) is 0 Å². The first-order chi connectivity index (χ1) is 21.9. The summed E-state index contributed by atoms with van der Waals surface area (Å²) in [5, 5.41) is 12.6. The Morgan fingerprint density at radius 3 is 2.46 bits per heavy atom. The van der Waals surface area contributed by atoms with E-state index in [4.69, 9.17) is 21.1 Å². The maximum Gasteiger partial charge on any atom is 0.338 e. The van der Waals surface area contributed by atoms with Crippen LogP contribution in [0.5, 0.6) is 0 Å². The number of aromatic nitrogens is 1. The molecule has 1 aliphatic heterocycles. The second kappa shape index (κ2) is 13.9. The second-order valence-electron chi connectivity index (χ2n) is 10.6. The summed E-state index contributed by atoms with van der Waals surface area (Å²) < 4.78 is 12.0. The molecule has 10 nitrogen and oxygen atoms in total. The molecule has 0 bridgehead atoms. The fourth-order valence-corrected chi connectivity index (χ4v) is 6.94. The van der Waals surface area contributed by atoms with Gasteiger partial charge in [-0.1, -0.05) is 65.0 Å². The number of methoxy groups -OCH3 is 1. The van der Waals surface area contributed by atoms with Crippen LogP contribution in [0.15, 0.2) is 97.6 Å². The minimum absolute atomic E-state index is 0.0692. The summed E-state index contributed by atoms with van der Waals surface area (Å²) in [7, 11) is 1.31. The van der Waals surface area contributed by atoms with Gasteiger partial charge >= 0.3 is 11.9 Å². The Labute approximate surface area is 276 Å². The Morgan fingerprint density at radius 1 is 1.13 bits per heavy atom. The zero-order valence-electron chi connectivity index (χ0n) is 25.2. The van der Waals surface area contributed by atoms with E-state index in [1.807, 2.05) is 0 Å². The molecule has 3 aromatic carbocycles. The Balaban J connectivity index is 1.59. The van der Waals surface area contributed by atoms with Crippen LogP contribution < -0.4 is 14.9 Å². The predicted molar refractivity (Wildman–Crippen MR) is 176 cm³/mol. The van der Waals surface area contributed by atoms with Crippen LogP contribution >= 0.6 is 34.7 Å². The molecule has 0 spiro atoms. The number of carbonyl (C=O) groups excluding carboxylic acids is 2. The molecule has 0 aliphatic carbocycles. The number of rotatable bonds is 9. The van der Waals surface area contributed by atoms with Crippen LogP contribution in [0.4, 0.5) is 5.69 Å². The monoisotopic (exact) mass is 677 g/mol. The van der Waals surface area contributed by atoms with Crippen molar-refractivity contribution in [1.29, 1.82) is 0 Å². The molecule has 46 heavy (non-hydrogen) atoms. The molecule has 1 atom stereocenters. The summed E-state index contributed by atoms with van der Waals surface area (Å²) >= 11 is 8.32. The van der Waals surface area contributed by atoms with E-state index < -0.39 is 34.6 Å². The SMILES string of the molecule is COC(=O)Cc1ccc([C@H]2C(C(=O)OC(C)C)=C(C)N=c3s/c(=C/c4ccc(Sc5ccc(Cl)cc5)c([N+](=O)[O-])c4)c(=O)n32)cc1. The first kappa shape index (κ1) is 32.9. The molecule has 0 amide bonds. The lowest BCUT2D eigenvalue weighted by Crippen LogP contribution is -2.40. The molecule has 4 aromatic rings. The van der Waals surface area contributed by atoms with Crippen molar-refractivity contribution in [3.63, 3.8) is 0 Å². The van der Waals surface area contributed by atoms with Crippen molar-refractivity contribution < 1.29 is 24.0 Å². The number of nitro groups is 1. The highest BCUT2D eigenvalue weighted by Crippen LogP contribution is 2.36. The zero-order valence-corrected chi connectivity index (χ0v) is 27.6. The van der Waals surface area contributed by atoms with Crippen LogP contribution in [0, 0.1) is 10.1 Å². The van der Waals surface area contributed by atoms with Crippen molar-refractivity contribution in [3.05, 3.63) is 130 Å². The standard InChI is InChI=1S/C33H28ClN3O7S2/c1-18(2)44-32(40)29-19(3)35-33-36(30(29)22-8-5-20(6-9-22)17-28(38)43-4)31(39)27(46-33)16-21-7-14-26(25(15-21)37(41)42)45-24-12-10-23(34)11-13-24/h5-16,18,30H,17H2,1-4H3/b27-16+/t30-/m0/s1. The Kier molecular flexibility index (Phi) is 9.90. The van der Waals surface area contributed by atoms with Gasteiger partial charge in [0.05, 0.1) is 51.3 Å². The number of hydrogen-bond acceptors (Lipinski definition) is 10. The van der Waals surface area contributed by atoms with E-state index in [2.05, 4.69) is 4.99 Å². The van der Waals surface area contributed by atoms with E-state index in [9.17, 15) is 24.5 Å². The van der Waals surface area contributed by atoms with Crippen molar-refractivity contribution in [3.8, 4) is 0 Å². The first-order valence-corrected chi connectivity index (χ1v) is 16.1. The van der Waals surface area contributed by atoms with Gasteiger partial charge in [0, 0.05) is 16.0 Å². The smallest absolute Gasteiger partial charge is 0.338 e. The molecule has 0 fully saturated rings. The molecule has 2 heterocycles. The summed E-state index contributed by atoms with van der Waals surface area (Å²) in [6, 6.07) is 17.9. The summed E-state index contributed by atoms with van der Waals surface area (Å²) in [4.78, 5) is 56.9. The number of allylic oxidation sites excluding steroid dienone is 1. The van der Waals surface area contributed by atoms with Crippen LogP contribution in [0.2, 0.25) is 5.02 Å². The highest BCUT2D eigenvalue weighted by molar-refractivity contribution is 7.99. The zero-order chi connectivity index (χ0) is 33.1. The molecule has 1 aromatic heterocycles. The lowest BCUT2D eigenvalue weighted by atomic mass is 9.94. The van der Waals surface area contributed by atoms with Gasteiger partial charge in [0.15, 0.2) is 4.80 Å². The van der Waals surface area contributed by atoms with Gasteiger partial charge in [-0.2, -0.15) is 0 Å². The third-order valence-electron chi connectivity index (χ3n) is 6.97. The van der Waals surface area contributed by atoms with Crippen LogP contribution in [-0.4, -0.2) is 34.6 Å². The normalized spacial score (nSPS) is 14.6. The van der Waals surface area contributed by atoms with E-state index in [1.54, 1.807) is 87.5 Å². The van der Waals surface area contributed by atoms with E-state index in [-0.39, 0.29) is 22.2 Å². The van der Waals surface area contributed by atoms with E-state index >= 15 is 0 Å². The predicted octanol–water partition coefficient (Wildman–Crippen LogP) is 5.62. The number of esters is 2. The Bertz CT molecular complexity index is 2050. The highest BCUT2D eigenvalue weighted by atomic mass is 35.5. The second-order valence-corrected chi connectivity index (χ2v) is 13.1. The lowest BCUT2D eigenvalue weighted by molar-refractivity contribution is -0.387. The lowest BCUT2D eigenvalue weighted by Gasteiger charge is -2.25. The molecule has 1 aliphatic rings. The molecule has 236 valence electrons. The number of nitrogens with zero attached hydrogens (tertiary/aromatic N) is 3. The van der Waals surface area contributed by atoms with Crippen molar-refractivity contribution in [1.82, 2.24) is 4.57 Å². The average Bonchev–Trinajstić information content (AvgIpc) is 3.31. The number of nitro benzene ring substituents is 1. The summed E-state index contributed by atoms with van der Waals surface area (Å²) in [6.07, 6.45) is 1.24. The van der Waals surface area contributed by atoms with E-state index in [0.29, 0.717) is 37.1 Å². The number of halogens is 1. The minimum Gasteiger partial charge on any atom is -0.469 e. The van der Waals surface area contributed by atoms with Crippen molar-refractivity contribution in [2.75, 3.05) is 7.11 Å². The molecule has 0 saturated heterocycles. The van der Waals surface area contributed by atoms with Gasteiger partial charge in [0.2, 0.25) is 0 Å². The maximum absolute atomic E-state index is 14.0. The average molecular weight is 678 g/mol. The summed E-state index contributed by atoms with van der Waals surface area (Å²) in [6.45, 7) is 5.16. The minimum atomic E-state index is -0.857. The van der Waals surface area contributed by atoms with Crippen molar-refractivity contribution >= 4 is 58.4 Å². The third kappa shape index (κ3) is 7.14. The summed E-state index contributed by atoms with van der Waals surface area (Å²) in [5.41, 5.74) is 1.86. The highest BCUT2D eigenvalue weighted by Gasteiger charge is 2.34. The van der Waals surface area contributed by atoms with Gasteiger partial charge < -0.3 is 9.47 Å². The number of benzene rings is 3. The first-order valence-electron chi connectivity index (χ1n) is 14.1. The third-order valence-corrected chi connectivity index (χ3v) is 9.28. The van der Waals surface area contributed by atoms with Crippen LogP contribution in [0.3, 0.4) is 0 Å². The maximum atomic E-state index is 14.0.